The molecule has 0 aromatic heterocycles. The van der Waals surface area contributed by atoms with Crippen LogP contribution in [0.15, 0.2) is 36.4 Å². The van der Waals surface area contributed by atoms with Crippen molar-refractivity contribution >= 4 is 23.9 Å². The highest BCUT2D eigenvalue weighted by atomic mass is 16.6. The Balaban J connectivity index is 1.64. The van der Waals surface area contributed by atoms with Crippen molar-refractivity contribution in [1.82, 2.24) is 0 Å². The van der Waals surface area contributed by atoms with E-state index in [9.17, 15) is 19.2 Å². The van der Waals surface area contributed by atoms with E-state index in [1.165, 1.54) is 40.2 Å². The van der Waals surface area contributed by atoms with Crippen LogP contribution in [-0.4, -0.2) is 38.1 Å². The predicted molar refractivity (Wildman–Crippen MR) is 113 cm³/mol. The van der Waals surface area contributed by atoms with E-state index in [-0.39, 0.29) is 23.0 Å². The zero-order chi connectivity index (χ0) is 24.6. The molecule has 0 bridgehead atoms. The molecule has 0 spiro atoms. The smallest absolute Gasteiger partial charge is 0.314 e. The van der Waals surface area contributed by atoms with Gasteiger partial charge in [-0.25, -0.2) is 0 Å². The minimum Gasteiger partial charge on any atom is -0.493 e. The topological polar surface area (TPSA) is 124 Å². The van der Waals surface area contributed by atoms with E-state index in [1.54, 1.807) is 24.3 Å². The van der Waals surface area contributed by atoms with Gasteiger partial charge in [0.1, 0.15) is 24.0 Å². The molecule has 2 aliphatic heterocycles. The third-order valence-corrected chi connectivity index (χ3v) is 5.61. The highest BCUT2D eigenvalue weighted by molar-refractivity contribution is 5.90. The fourth-order valence-corrected chi connectivity index (χ4v) is 4.22. The van der Waals surface area contributed by atoms with Gasteiger partial charge in [-0.15, -0.1) is 0 Å². The molecule has 178 valence electrons. The number of rotatable bonds is 6. The van der Waals surface area contributed by atoms with E-state index >= 15 is 0 Å². The van der Waals surface area contributed by atoms with Gasteiger partial charge in [-0.2, -0.15) is 0 Å². The minimum absolute atomic E-state index is 0.200. The summed E-state index contributed by atoms with van der Waals surface area (Å²) in [4.78, 5) is 48.3. The van der Waals surface area contributed by atoms with Crippen LogP contribution in [0.25, 0.3) is 0 Å². The van der Waals surface area contributed by atoms with Crippen LogP contribution < -0.4 is 18.9 Å². The predicted octanol–water partition coefficient (Wildman–Crippen LogP) is 2.68. The second-order valence-corrected chi connectivity index (χ2v) is 7.77. The molecule has 0 N–H and O–H groups in total. The molecule has 4 atom stereocenters. The van der Waals surface area contributed by atoms with Gasteiger partial charge in [0.05, 0.1) is 14.2 Å². The first kappa shape index (κ1) is 23.1. The van der Waals surface area contributed by atoms with Crippen molar-refractivity contribution in [2.24, 2.45) is 11.8 Å². The van der Waals surface area contributed by atoms with Crippen LogP contribution in [0, 0.1) is 11.8 Å². The van der Waals surface area contributed by atoms with E-state index in [1.807, 2.05) is 0 Å². The Bertz CT molecular complexity index is 1080. The first-order chi connectivity index (χ1) is 16.2. The second-order valence-electron chi connectivity index (χ2n) is 7.77. The number of carbonyl (C=O) groups excluding carboxylic acids is 4. The first-order valence-corrected chi connectivity index (χ1v) is 10.4. The number of methoxy groups -OCH3 is 2. The molecule has 2 aliphatic rings. The summed E-state index contributed by atoms with van der Waals surface area (Å²) in [7, 11) is 2.81. The fourth-order valence-electron chi connectivity index (χ4n) is 4.22. The normalized spacial score (nSPS) is 22.9. The standard InChI is InChI=1S/C24H22O10/c1-11(25)31-15-7-5-13(9-17(15)29-3)21-19-20(24(28)33-21)22(34-23(19)27)14-6-8-16(32-12(2)26)18(10-14)30-4/h5-10,19-22H,1-4H3/t19-,20-,21-,22+/m0/s1. The summed E-state index contributed by atoms with van der Waals surface area (Å²) in [6.07, 6.45) is -1.81. The molecule has 0 radical (unpaired) electrons. The molecule has 2 heterocycles. The first-order valence-electron chi connectivity index (χ1n) is 10.4. The third-order valence-electron chi connectivity index (χ3n) is 5.61. The Morgan fingerprint density at radius 1 is 0.676 bits per heavy atom. The van der Waals surface area contributed by atoms with Crippen molar-refractivity contribution in [2.45, 2.75) is 26.1 Å². The Kier molecular flexibility index (Phi) is 6.14. The van der Waals surface area contributed by atoms with E-state index in [4.69, 9.17) is 28.4 Å². The van der Waals surface area contributed by atoms with Crippen molar-refractivity contribution in [2.75, 3.05) is 14.2 Å². The number of cyclic esters (lactones) is 2. The van der Waals surface area contributed by atoms with Gasteiger partial charge in [-0.1, -0.05) is 12.1 Å². The molecule has 0 unspecified atom stereocenters. The molecule has 0 saturated carbocycles. The van der Waals surface area contributed by atoms with Crippen LogP contribution in [0.4, 0.5) is 0 Å². The summed E-state index contributed by atoms with van der Waals surface area (Å²) in [5, 5.41) is 0. The van der Waals surface area contributed by atoms with Crippen LogP contribution >= 0.6 is 0 Å². The van der Waals surface area contributed by atoms with Crippen LogP contribution in [-0.2, 0) is 28.7 Å². The molecule has 10 nitrogen and oxygen atoms in total. The van der Waals surface area contributed by atoms with Crippen molar-refractivity contribution in [1.29, 1.82) is 0 Å². The zero-order valence-corrected chi connectivity index (χ0v) is 18.9. The number of ether oxygens (including phenoxy) is 6. The maximum atomic E-state index is 12.8. The Labute approximate surface area is 194 Å². The number of hydrogen-bond acceptors (Lipinski definition) is 10. The average Bonchev–Trinajstić information content (AvgIpc) is 3.32. The van der Waals surface area contributed by atoms with E-state index in [0.717, 1.165) is 0 Å². The lowest BCUT2D eigenvalue weighted by Gasteiger charge is -2.17. The number of carbonyl (C=O) groups is 4. The van der Waals surface area contributed by atoms with Crippen molar-refractivity contribution in [3.8, 4) is 23.0 Å². The summed E-state index contributed by atoms with van der Waals surface area (Å²) in [6.45, 7) is 2.53. The highest BCUT2D eigenvalue weighted by Crippen LogP contribution is 2.52. The molecule has 0 amide bonds. The van der Waals surface area contributed by atoms with Crippen molar-refractivity contribution < 1.29 is 47.6 Å². The molecule has 34 heavy (non-hydrogen) atoms. The molecule has 10 heteroatoms. The van der Waals surface area contributed by atoms with Gasteiger partial charge in [-0.3, -0.25) is 19.2 Å². The maximum Gasteiger partial charge on any atom is 0.314 e. The van der Waals surface area contributed by atoms with E-state index in [0.29, 0.717) is 11.1 Å². The van der Waals surface area contributed by atoms with Crippen LogP contribution in [0.1, 0.15) is 37.2 Å². The quantitative estimate of drug-likeness (QED) is 0.460. The van der Waals surface area contributed by atoms with Gasteiger partial charge in [0.2, 0.25) is 0 Å². The van der Waals surface area contributed by atoms with Crippen molar-refractivity contribution in [3.05, 3.63) is 47.5 Å². The van der Waals surface area contributed by atoms with Gasteiger partial charge < -0.3 is 28.4 Å². The van der Waals surface area contributed by atoms with E-state index in [2.05, 4.69) is 0 Å². The summed E-state index contributed by atoms with van der Waals surface area (Å²) < 4.78 is 32.0. The summed E-state index contributed by atoms with van der Waals surface area (Å²) >= 11 is 0. The molecule has 2 fully saturated rings. The van der Waals surface area contributed by atoms with Crippen LogP contribution in [0.5, 0.6) is 23.0 Å². The number of esters is 4. The molecule has 2 saturated heterocycles. The number of fused-ring (bicyclic) bond motifs is 1. The lowest BCUT2D eigenvalue weighted by molar-refractivity contribution is -0.155. The summed E-state index contributed by atoms with van der Waals surface area (Å²) in [6, 6.07) is 9.31. The summed E-state index contributed by atoms with van der Waals surface area (Å²) in [5.74, 6) is -3.08. The molecule has 0 aliphatic carbocycles. The lowest BCUT2D eigenvalue weighted by atomic mass is 9.84. The van der Waals surface area contributed by atoms with Crippen LogP contribution in [0.2, 0.25) is 0 Å². The van der Waals surface area contributed by atoms with Gasteiger partial charge in [0.15, 0.2) is 23.0 Å². The van der Waals surface area contributed by atoms with Crippen LogP contribution in [0.3, 0.4) is 0 Å². The Morgan fingerprint density at radius 3 is 1.38 bits per heavy atom. The van der Waals surface area contributed by atoms with Crippen molar-refractivity contribution in [3.63, 3.8) is 0 Å². The average molecular weight is 470 g/mol. The van der Waals surface area contributed by atoms with E-state index < -0.39 is 47.9 Å². The molecular formula is C24H22O10. The SMILES string of the molecule is COc1cc([C@H]2OC(=O)[C@H]3[C@@H]2C(=O)O[C@H]3c2ccc(OC(C)=O)c(OC)c2)ccc1OC(C)=O. The third kappa shape index (κ3) is 4.14. The van der Waals surface area contributed by atoms with Gasteiger partial charge in [0.25, 0.3) is 0 Å². The Morgan fingerprint density at radius 2 is 1.06 bits per heavy atom. The summed E-state index contributed by atoms with van der Waals surface area (Å²) in [5.41, 5.74) is 0.989. The zero-order valence-electron chi connectivity index (χ0n) is 18.9. The molecule has 2 aromatic rings. The largest absolute Gasteiger partial charge is 0.493 e. The number of hydrogen-bond donors (Lipinski definition) is 0. The van der Waals surface area contributed by atoms with Gasteiger partial charge in [0, 0.05) is 13.8 Å². The molecular weight excluding hydrogens is 448 g/mol. The number of benzene rings is 2. The van der Waals surface area contributed by atoms with Gasteiger partial charge in [-0.05, 0) is 35.4 Å². The highest BCUT2D eigenvalue weighted by Gasteiger charge is 2.60. The molecule has 2 aromatic carbocycles. The minimum atomic E-state index is -0.905. The Hall–Kier alpha value is -4.08. The monoisotopic (exact) mass is 470 g/mol. The fraction of sp³-hybridized carbons (Fsp3) is 0.333. The molecule has 4 rings (SSSR count). The maximum absolute atomic E-state index is 12.8. The lowest BCUT2D eigenvalue weighted by Crippen LogP contribution is -2.19. The second kappa shape index (κ2) is 9.05. The van der Waals surface area contributed by atoms with Gasteiger partial charge >= 0.3 is 23.9 Å².